The van der Waals surface area contributed by atoms with Gasteiger partial charge in [-0.2, -0.15) is 4.31 Å². The van der Waals surface area contributed by atoms with E-state index in [1.54, 1.807) is 29.4 Å². The van der Waals surface area contributed by atoms with Crippen LogP contribution in [0.5, 0.6) is 11.5 Å². The first-order valence-electron chi connectivity index (χ1n) is 10.4. The number of benzene rings is 1. The van der Waals surface area contributed by atoms with Gasteiger partial charge in [-0.1, -0.05) is 6.07 Å². The minimum atomic E-state index is -3.71. The standard InChI is InChI=1S/C22H27N3O5S/c1-22(2,17-5-3-8-23-16-17)21(26)24-9-4-10-25(12-11-24)31(27,28)18-6-7-19-20(15-18)30-14-13-29-19/h3,5-8,15-16H,4,9-14H2,1-2H3. The van der Waals surface area contributed by atoms with Crippen LogP contribution in [0.25, 0.3) is 0 Å². The summed E-state index contributed by atoms with van der Waals surface area (Å²) in [6.45, 7) is 6.04. The van der Waals surface area contributed by atoms with Crippen molar-refractivity contribution in [3.8, 4) is 11.5 Å². The van der Waals surface area contributed by atoms with Gasteiger partial charge < -0.3 is 14.4 Å². The molecule has 0 radical (unpaired) electrons. The van der Waals surface area contributed by atoms with Gasteiger partial charge in [0.15, 0.2) is 11.5 Å². The van der Waals surface area contributed by atoms with Gasteiger partial charge in [0.25, 0.3) is 0 Å². The summed E-state index contributed by atoms with van der Waals surface area (Å²) in [6, 6.07) is 8.40. The van der Waals surface area contributed by atoms with Gasteiger partial charge in [-0.3, -0.25) is 9.78 Å². The average molecular weight is 446 g/mol. The number of sulfonamides is 1. The van der Waals surface area contributed by atoms with Crippen LogP contribution in [0.4, 0.5) is 0 Å². The number of fused-ring (bicyclic) bond motifs is 1. The van der Waals surface area contributed by atoms with Gasteiger partial charge in [-0.25, -0.2) is 8.42 Å². The number of rotatable bonds is 4. The van der Waals surface area contributed by atoms with Crippen LogP contribution >= 0.6 is 0 Å². The maximum atomic E-state index is 13.3. The van der Waals surface area contributed by atoms with Crippen molar-refractivity contribution in [2.45, 2.75) is 30.6 Å². The lowest BCUT2D eigenvalue weighted by molar-refractivity contribution is -0.136. The molecule has 1 amide bonds. The molecule has 1 saturated heterocycles. The summed E-state index contributed by atoms with van der Waals surface area (Å²) in [5.41, 5.74) is 0.100. The molecule has 1 aromatic heterocycles. The molecule has 0 unspecified atom stereocenters. The number of hydrogen-bond donors (Lipinski definition) is 0. The molecule has 4 rings (SSSR count). The largest absolute Gasteiger partial charge is 0.486 e. The van der Waals surface area contributed by atoms with Crippen LogP contribution in [0.2, 0.25) is 0 Å². The summed E-state index contributed by atoms with van der Waals surface area (Å²) >= 11 is 0. The highest BCUT2D eigenvalue weighted by atomic mass is 32.2. The highest BCUT2D eigenvalue weighted by molar-refractivity contribution is 7.89. The second-order valence-corrected chi connectivity index (χ2v) is 10.2. The van der Waals surface area contributed by atoms with Crippen LogP contribution in [-0.4, -0.2) is 67.9 Å². The Kier molecular flexibility index (Phi) is 5.90. The van der Waals surface area contributed by atoms with Gasteiger partial charge in [0.05, 0.1) is 10.3 Å². The van der Waals surface area contributed by atoms with Crippen LogP contribution in [-0.2, 0) is 20.2 Å². The van der Waals surface area contributed by atoms with Crippen LogP contribution in [0, 0.1) is 0 Å². The normalized spacial score (nSPS) is 17.8. The molecule has 2 aliphatic rings. The third-order valence-corrected chi connectivity index (χ3v) is 7.71. The zero-order valence-electron chi connectivity index (χ0n) is 17.8. The summed E-state index contributed by atoms with van der Waals surface area (Å²) in [5.74, 6) is 0.965. The minimum Gasteiger partial charge on any atom is -0.486 e. The van der Waals surface area contributed by atoms with Crippen molar-refractivity contribution in [3.63, 3.8) is 0 Å². The lowest BCUT2D eigenvalue weighted by Crippen LogP contribution is -2.45. The summed E-state index contributed by atoms with van der Waals surface area (Å²) in [6.07, 6.45) is 3.95. The van der Waals surface area contributed by atoms with Crippen molar-refractivity contribution in [1.82, 2.24) is 14.2 Å². The highest BCUT2D eigenvalue weighted by Crippen LogP contribution is 2.33. The molecule has 0 bridgehead atoms. The summed E-state index contributed by atoms with van der Waals surface area (Å²) in [7, 11) is -3.71. The zero-order chi connectivity index (χ0) is 22.1. The lowest BCUT2D eigenvalue weighted by Gasteiger charge is -2.31. The van der Waals surface area contributed by atoms with Crippen LogP contribution < -0.4 is 9.47 Å². The maximum Gasteiger partial charge on any atom is 0.243 e. The van der Waals surface area contributed by atoms with Crippen LogP contribution in [0.15, 0.2) is 47.6 Å². The van der Waals surface area contributed by atoms with Gasteiger partial charge in [-0.15, -0.1) is 0 Å². The Morgan fingerprint density at radius 3 is 2.55 bits per heavy atom. The number of carbonyl (C=O) groups is 1. The molecule has 31 heavy (non-hydrogen) atoms. The quantitative estimate of drug-likeness (QED) is 0.716. The third-order valence-electron chi connectivity index (χ3n) is 5.81. The van der Waals surface area contributed by atoms with E-state index in [9.17, 15) is 13.2 Å². The van der Waals surface area contributed by atoms with E-state index in [0.717, 1.165) is 5.56 Å². The fourth-order valence-corrected chi connectivity index (χ4v) is 5.41. The Morgan fingerprint density at radius 1 is 1.03 bits per heavy atom. The van der Waals surface area contributed by atoms with E-state index in [1.807, 2.05) is 26.0 Å². The van der Waals surface area contributed by atoms with E-state index < -0.39 is 15.4 Å². The molecular formula is C22H27N3O5S. The first-order chi connectivity index (χ1) is 14.8. The van der Waals surface area contributed by atoms with Gasteiger partial charge in [0.1, 0.15) is 13.2 Å². The van der Waals surface area contributed by atoms with Gasteiger partial charge >= 0.3 is 0 Å². The van der Waals surface area contributed by atoms with Crippen molar-refractivity contribution < 1.29 is 22.7 Å². The van der Waals surface area contributed by atoms with Crippen molar-refractivity contribution in [1.29, 1.82) is 0 Å². The molecule has 1 fully saturated rings. The topological polar surface area (TPSA) is 89.0 Å². The smallest absolute Gasteiger partial charge is 0.243 e. The number of pyridine rings is 1. The molecule has 8 nitrogen and oxygen atoms in total. The lowest BCUT2D eigenvalue weighted by atomic mass is 9.84. The number of amides is 1. The minimum absolute atomic E-state index is 0.0286. The summed E-state index contributed by atoms with van der Waals surface area (Å²) in [5, 5.41) is 0. The Labute approximate surface area is 182 Å². The van der Waals surface area contributed by atoms with E-state index in [2.05, 4.69) is 4.98 Å². The summed E-state index contributed by atoms with van der Waals surface area (Å²) in [4.78, 5) is 19.3. The van der Waals surface area contributed by atoms with Crippen molar-refractivity contribution in [2.24, 2.45) is 0 Å². The van der Waals surface area contributed by atoms with E-state index in [0.29, 0.717) is 50.8 Å². The highest BCUT2D eigenvalue weighted by Gasteiger charge is 2.36. The fourth-order valence-electron chi connectivity index (χ4n) is 3.92. The molecule has 0 saturated carbocycles. The Bertz CT molecular complexity index is 1060. The number of nitrogens with zero attached hydrogens (tertiary/aromatic N) is 3. The molecular weight excluding hydrogens is 418 g/mol. The molecule has 166 valence electrons. The molecule has 0 atom stereocenters. The second-order valence-electron chi connectivity index (χ2n) is 8.22. The van der Waals surface area contributed by atoms with E-state index in [4.69, 9.17) is 9.47 Å². The number of aromatic nitrogens is 1. The molecule has 0 aliphatic carbocycles. The molecule has 0 N–H and O–H groups in total. The molecule has 1 aromatic carbocycles. The first-order valence-corrected chi connectivity index (χ1v) is 11.8. The number of hydrogen-bond acceptors (Lipinski definition) is 6. The van der Waals surface area contributed by atoms with E-state index >= 15 is 0 Å². The number of ether oxygens (including phenoxy) is 2. The van der Waals surface area contributed by atoms with Crippen LogP contribution in [0.3, 0.4) is 0 Å². The van der Waals surface area contributed by atoms with E-state index in [1.165, 1.54) is 10.4 Å². The zero-order valence-corrected chi connectivity index (χ0v) is 18.6. The van der Waals surface area contributed by atoms with Crippen molar-refractivity contribution >= 4 is 15.9 Å². The monoisotopic (exact) mass is 445 g/mol. The van der Waals surface area contributed by atoms with Gasteiger partial charge in [0.2, 0.25) is 15.9 Å². The van der Waals surface area contributed by atoms with Crippen molar-refractivity contribution in [2.75, 3.05) is 39.4 Å². The second kappa shape index (κ2) is 8.47. The molecule has 2 aliphatic heterocycles. The Morgan fingerprint density at radius 2 is 1.81 bits per heavy atom. The van der Waals surface area contributed by atoms with Crippen molar-refractivity contribution in [3.05, 3.63) is 48.3 Å². The molecule has 2 aromatic rings. The molecule has 3 heterocycles. The van der Waals surface area contributed by atoms with Crippen LogP contribution in [0.1, 0.15) is 25.8 Å². The Hall–Kier alpha value is -2.65. The number of carbonyl (C=O) groups excluding carboxylic acids is 1. The first kappa shape index (κ1) is 21.6. The van der Waals surface area contributed by atoms with Gasteiger partial charge in [-0.05, 0) is 44.0 Å². The van der Waals surface area contributed by atoms with E-state index in [-0.39, 0.29) is 17.3 Å². The maximum absolute atomic E-state index is 13.3. The third kappa shape index (κ3) is 4.24. The predicted molar refractivity (Wildman–Crippen MR) is 115 cm³/mol. The fraction of sp³-hybridized carbons (Fsp3) is 0.455. The Balaban J connectivity index is 1.49. The molecule has 0 spiro atoms. The SMILES string of the molecule is CC(C)(C(=O)N1CCCN(S(=O)(=O)c2ccc3c(c2)OCCO3)CC1)c1cccnc1. The predicted octanol–water partition coefficient (Wildman–Crippen LogP) is 2.05. The van der Waals surface area contributed by atoms with Gasteiger partial charge in [0, 0.05) is 44.6 Å². The molecule has 9 heteroatoms. The average Bonchev–Trinajstić information content (AvgIpc) is 3.05. The summed E-state index contributed by atoms with van der Waals surface area (Å²) < 4.78 is 38.9.